The van der Waals surface area contributed by atoms with Crippen LogP contribution in [0.3, 0.4) is 0 Å². The maximum absolute atomic E-state index is 13.1. The number of amides is 2. The molecule has 6 nitrogen and oxygen atoms in total. The minimum Gasteiger partial charge on any atom is -0.495 e. The second-order valence-electron chi connectivity index (χ2n) is 8.11. The van der Waals surface area contributed by atoms with Crippen LogP contribution in [0.25, 0.3) is 0 Å². The Balaban J connectivity index is 1.40. The van der Waals surface area contributed by atoms with Gasteiger partial charge in [0.15, 0.2) is 0 Å². The zero-order chi connectivity index (χ0) is 21.3. The highest BCUT2D eigenvalue weighted by atomic mass is 16.5. The van der Waals surface area contributed by atoms with Crippen LogP contribution in [0.2, 0.25) is 0 Å². The van der Waals surface area contributed by atoms with Crippen LogP contribution in [0.15, 0.2) is 42.5 Å². The predicted octanol–water partition coefficient (Wildman–Crippen LogP) is 3.01. The molecule has 0 bridgehead atoms. The zero-order valence-electron chi connectivity index (χ0n) is 17.9. The third-order valence-electron chi connectivity index (χ3n) is 6.36. The third-order valence-corrected chi connectivity index (χ3v) is 6.36. The van der Waals surface area contributed by atoms with Crippen molar-refractivity contribution in [3.8, 4) is 5.75 Å². The topological polar surface area (TPSA) is 53.1 Å². The lowest BCUT2D eigenvalue weighted by molar-refractivity contribution is -0.136. The quantitative estimate of drug-likeness (QED) is 0.782. The Kier molecular flexibility index (Phi) is 5.66. The van der Waals surface area contributed by atoms with Gasteiger partial charge in [0.2, 0.25) is 11.8 Å². The number of aryl methyl sites for hydroxylation is 1. The summed E-state index contributed by atoms with van der Waals surface area (Å²) in [4.78, 5) is 31.8. The molecule has 6 heteroatoms. The van der Waals surface area contributed by atoms with Gasteiger partial charge in [-0.2, -0.15) is 0 Å². The molecular formula is C24H29N3O3. The first-order valence-corrected chi connectivity index (χ1v) is 10.5. The van der Waals surface area contributed by atoms with Gasteiger partial charge in [0, 0.05) is 44.8 Å². The smallest absolute Gasteiger partial charge is 0.228 e. The lowest BCUT2D eigenvalue weighted by Crippen LogP contribution is -2.50. The molecule has 158 valence electrons. The van der Waals surface area contributed by atoms with Gasteiger partial charge >= 0.3 is 0 Å². The van der Waals surface area contributed by atoms with E-state index in [1.54, 1.807) is 12.0 Å². The van der Waals surface area contributed by atoms with Crippen molar-refractivity contribution in [2.75, 3.05) is 49.6 Å². The van der Waals surface area contributed by atoms with E-state index in [-0.39, 0.29) is 17.7 Å². The molecule has 2 amide bonds. The molecular weight excluding hydrogens is 378 g/mol. The normalized spacial score (nSPS) is 19.4. The standard InChI is InChI=1S/C24H29N3O3/c1-17-7-6-9-20(18(17)2)27-16-19(15-23(27)28)24(29)26-13-11-25(12-14-26)21-8-4-5-10-22(21)30-3/h4-10,19H,11-16H2,1-3H3. The van der Waals surface area contributed by atoms with Crippen LogP contribution in [0.5, 0.6) is 5.75 Å². The molecule has 1 atom stereocenters. The molecule has 2 aliphatic rings. The molecule has 2 aromatic rings. The number of benzene rings is 2. The van der Waals surface area contributed by atoms with Gasteiger partial charge in [-0.3, -0.25) is 9.59 Å². The number of ether oxygens (including phenoxy) is 1. The fraction of sp³-hybridized carbons (Fsp3) is 0.417. The highest BCUT2D eigenvalue weighted by molar-refractivity contribution is 6.01. The second-order valence-corrected chi connectivity index (χ2v) is 8.11. The summed E-state index contributed by atoms with van der Waals surface area (Å²) < 4.78 is 5.47. The van der Waals surface area contributed by atoms with Crippen LogP contribution in [0.4, 0.5) is 11.4 Å². The Labute approximate surface area is 178 Å². The fourth-order valence-corrected chi connectivity index (χ4v) is 4.45. The summed E-state index contributed by atoms with van der Waals surface area (Å²) >= 11 is 0. The lowest BCUT2D eigenvalue weighted by atomic mass is 10.1. The largest absolute Gasteiger partial charge is 0.495 e. The van der Waals surface area contributed by atoms with Crippen molar-refractivity contribution < 1.29 is 14.3 Å². The summed E-state index contributed by atoms with van der Waals surface area (Å²) in [6, 6.07) is 14.0. The van der Waals surface area contributed by atoms with Crippen molar-refractivity contribution in [3.05, 3.63) is 53.6 Å². The number of hydrogen-bond acceptors (Lipinski definition) is 4. The summed E-state index contributed by atoms with van der Waals surface area (Å²) in [6.45, 7) is 7.37. The van der Waals surface area contributed by atoms with E-state index in [0.717, 1.165) is 41.3 Å². The maximum atomic E-state index is 13.1. The number of para-hydroxylation sites is 2. The molecule has 0 N–H and O–H groups in total. The molecule has 2 saturated heterocycles. The predicted molar refractivity (Wildman–Crippen MR) is 118 cm³/mol. The lowest BCUT2D eigenvalue weighted by Gasteiger charge is -2.37. The molecule has 1 unspecified atom stereocenters. The van der Waals surface area contributed by atoms with Gasteiger partial charge in [-0.05, 0) is 43.2 Å². The number of piperazine rings is 1. The van der Waals surface area contributed by atoms with Crippen LogP contribution >= 0.6 is 0 Å². The molecule has 0 spiro atoms. The number of hydrogen-bond donors (Lipinski definition) is 0. The number of methoxy groups -OCH3 is 1. The second kappa shape index (κ2) is 8.38. The Morgan fingerprint density at radius 2 is 1.67 bits per heavy atom. The minimum atomic E-state index is -0.268. The van der Waals surface area contributed by atoms with E-state index in [1.807, 2.05) is 61.2 Å². The van der Waals surface area contributed by atoms with E-state index in [2.05, 4.69) is 4.90 Å². The van der Waals surface area contributed by atoms with Crippen LogP contribution < -0.4 is 14.5 Å². The SMILES string of the molecule is COc1ccccc1N1CCN(C(=O)C2CC(=O)N(c3cccc(C)c3C)C2)CC1. The number of carbonyl (C=O) groups is 2. The molecule has 0 radical (unpaired) electrons. The summed E-state index contributed by atoms with van der Waals surface area (Å²) in [5.41, 5.74) is 4.24. The molecule has 2 aromatic carbocycles. The maximum Gasteiger partial charge on any atom is 0.228 e. The van der Waals surface area contributed by atoms with Gasteiger partial charge in [-0.15, -0.1) is 0 Å². The highest BCUT2D eigenvalue weighted by Gasteiger charge is 2.38. The Morgan fingerprint density at radius 1 is 0.967 bits per heavy atom. The van der Waals surface area contributed by atoms with E-state index in [4.69, 9.17) is 4.74 Å². The third kappa shape index (κ3) is 3.74. The first kappa shape index (κ1) is 20.3. The minimum absolute atomic E-state index is 0.0368. The van der Waals surface area contributed by atoms with Crippen molar-refractivity contribution in [1.82, 2.24) is 4.90 Å². The molecule has 2 aliphatic heterocycles. The molecule has 2 heterocycles. The van der Waals surface area contributed by atoms with Crippen LogP contribution in [-0.4, -0.2) is 56.5 Å². The van der Waals surface area contributed by atoms with Gasteiger partial charge in [0.1, 0.15) is 5.75 Å². The Hall–Kier alpha value is -3.02. The summed E-state index contributed by atoms with van der Waals surface area (Å²) in [6.07, 6.45) is 0.291. The first-order chi connectivity index (χ1) is 14.5. The van der Waals surface area contributed by atoms with E-state index in [9.17, 15) is 9.59 Å². The summed E-state index contributed by atoms with van der Waals surface area (Å²) in [7, 11) is 1.68. The van der Waals surface area contributed by atoms with E-state index < -0.39 is 0 Å². The Morgan fingerprint density at radius 3 is 2.40 bits per heavy atom. The number of nitrogens with zero attached hydrogens (tertiary/aromatic N) is 3. The zero-order valence-corrected chi connectivity index (χ0v) is 17.9. The average molecular weight is 408 g/mol. The van der Waals surface area contributed by atoms with E-state index >= 15 is 0 Å². The molecule has 0 aliphatic carbocycles. The molecule has 0 aromatic heterocycles. The van der Waals surface area contributed by atoms with Crippen molar-refractivity contribution in [1.29, 1.82) is 0 Å². The van der Waals surface area contributed by atoms with Crippen molar-refractivity contribution in [2.24, 2.45) is 5.92 Å². The Bertz CT molecular complexity index is 950. The first-order valence-electron chi connectivity index (χ1n) is 10.5. The van der Waals surface area contributed by atoms with Gasteiger partial charge in [0.05, 0.1) is 18.7 Å². The van der Waals surface area contributed by atoms with Crippen molar-refractivity contribution in [3.63, 3.8) is 0 Å². The fourth-order valence-electron chi connectivity index (χ4n) is 4.45. The molecule has 2 fully saturated rings. The van der Waals surface area contributed by atoms with Crippen molar-refractivity contribution >= 4 is 23.2 Å². The number of carbonyl (C=O) groups excluding carboxylic acids is 2. The molecule has 30 heavy (non-hydrogen) atoms. The van der Waals surface area contributed by atoms with Gasteiger partial charge in [-0.1, -0.05) is 24.3 Å². The number of anilines is 2. The van der Waals surface area contributed by atoms with Gasteiger partial charge in [-0.25, -0.2) is 0 Å². The van der Waals surface area contributed by atoms with Crippen LogP contribution in [0.1, 0.15) is 17.5 Å². The van der Waals surface area contributed by atoms with Crippen LogP contribution in [0, 0.1) is 19.8 Å². The van der Waals surface area contributed by atoms with E-state index in [1.165, 1.54) is 0 Å². The highest BCUT2D eigenvalue weighted by Crippen LogP contribution is 2.31. The van der Waals surface area contributed by atoms with E-state index in [0.29, 0.717) is 26.1 Å². The summed E-state index contributed by atoms with van der Waals surface area (Å²) in [5, 5.41) is 0. The molecule has 0 saturated carbocycles. The van der Waals surface area contributed by atoms with Gasteiger partial charge in [0.25, 0.3) is 0 Å². The van der Waals surface area contributed by atoms with Crippen LogP contribution in [-0.2, 0) is 9.59 Å². The van der Waals surface area contributed by atoms with Crippen molar-refractivity contribution in [2.45, 2.75) is 20.3 Å². The monoisotopic (exact) mass is 407 g/mol. The number of rotatable bonds is 4. The summed E-state index contributed by atoms with van der Waals surface area (Å²) in [5.74, 6) is 0.712. The average Bonchev–Trinajstić information content (AvgIpc) is 3.16. The molecule has 4 rings (SSSR count). The van der Waals surface area contributed by atoms with Gasteiger partial charge < -0.3 is 19.4 Å².